The van der Waals surface area contributed by atoms with Gasteiger partial charge in [-0.1, -0.05) is 39.7 Å². The molecule has 1 rings (SSSR count). The van der Waals surface area contributed by atoms with Crippen LogP contribution >= 0.6 is 0 Å². The van der Waals surface area contributed by atoms with E-state index in [2.05, 4.69) is 11.7 Å². The molecule has 0 spiro atoms. The van der Waals surface area contributed by atoms with Gasteiger partial charge in [-0.25, -0.2) is 4.79 Å². The van der Waals surface area contributed by atoms with Crippen LogP contribution in [0.1, 0.15) is 64.9 Å². The van der Waals surface area contributed by atoms with Gasteiger partial charge in [0, 0.05) is 6.42 Å². The lowest BCUT2D eigenvalue weighted by molar-refractivity contribution is -0.252. The van der Waals surface area contributed by atoms with Crippen LogP contribution in [0.4, 0.5) is 4.79 Å². The highest BCUT2D eigenvalue weighted by atomic mass is 16.7. The first-order valence-corrected chi connectivity index (χ1v) is 9.01. The zero-order valence-electron chi connectivity index (χ0n) is 15.4. The summed E-state index contributed by atoms with van der Waals surface area (Å²) < 4.78 is 16.8. The molecule has 0 bridgehead atoms. The lowest BCUT2D eigenvalue weighted by Crippen LogP contribution is -2.34. The summed E-state index contributed by atoms with van der Waals surface area (Å²) in [6.07, 6.45) is 3.63. The summed E-state index contributed by atoms with van der Waals surface area (Å²) in [5.41, 5.74) is 0.407. The molecule has 0 atom stereocenters. The normalized spacial score (nSPS) is 11.5. The molecule has 1 aromatic rings. The van der Waals surface area contributed by atoms with Crippen LogP contribution < -0.4 is 4.74 Å². The minimum absolute atomic E-state index is 0.120. The smallest absolute Gasteiger partial charge is 0.504 e. The molecule has 0 aliphatic rings. The highest BCUT2D eigenvalue weighted by molar-refractivity contribution is 5.63. The molecule has 6 heteroatoms. The molecule has 0 saturated heterocycles. The first kappa shape index (κ1) is 21.3. The van der Waals surface area contributed by atoms with Crippen molar-refractivity contribution >= 4 is 6.16 Å². The van der Waals surface area contributed by atoms with E-state index in [4.69, 9.17) is 14.6 Å². The number of unbranched alkanes of at least 4 members (excludes halogenated alkanes) is 2. The number of ether oxygens (including phenoxy) is 3. The number of benzene rings is 1. The van der Waals surface area contributed by atoms with Gasteiger partial charge in [0.25, 0.3) is 0 Å². The van der Waals surface area contributed by atoms with Gasteiger partial charge in [-0.15, -0.1) is 0 Å². The zero-order chi connectivity index (χ0) is 18.7. The van der Waals surface area contributed by atoms with Crippen LogP contribution in [-0.2, 0) is 15.3 Å². The summed E-state index contributed by atoms with van der Waals surface area (Å²) in [4.78, 5) is 10.8. The summed E-state index contributed by atoms with van der Waals surface area (Å²) in [5, 5.41) is 19.4. The van der Waals surface area contributed by atoms with Gasteiger partial charge >= 0.3 is 6.16 Å². The Morgan fingerprint density at radius 1 is 1.04 bits per heavy atom. The first-order valence-electron chi connectivity index (χ1n) is 9.01. The van der Waals surface area contributed by atoms with Crippen molar-refractivity contribution in [3.8, 4) is 11.5 Å². The Morgan fingerprint density at radius 2 is 1.68 bits per heavy atom. The topological polar surface area (TPSA) is 85.2 Å². The SMILES string of the molecule is CCCCCC(OCCC)(OCCC)c1cccc(OC(=O)O)c1O. The predicted octanol–water partition coefficient (Wildman–Crippen LogP) is 5.04. The van der Waals surface area contributed by atoms with E-state index < -0.39 is 11.9 Å². The van der Waals surface area contributed by atoms with Gasteiger partial charge in [0.05, 0.1) is 18.8 Å². The molecule has 0 amide bonds. The lowest BCUT2D eigenvalue weighted by atomic mass is 9.97. The molecule has 0 heterocycles. The zero-order valence-corrected chi connectivity index (χ0v) is 15.4. The molecule has 0 fully saturated rings. The number of carbonyl (C=O) groups is 1. The largest absolute Gasteiger partial charge is 0.511 e. The molecule has 25 heavy (non-hydrogen) atoms. The van der Waals surface area contributed by atoms with Crippen molar-refractivity contribution in [3.63, 3.8) is 0 Å². The van der Waals surface area contributed by atoms with Gasteiger partial charge in [0.2, 0.25) is 0 Å². The van der Waals surface area contributed by atoms with E-state index in [-0.39, 0.29) is 11.5 Å². The summed E-state index contributed by atoms with van der Waals surface area (Å²) in [6, 6.07) is 4.73. The second-order valence-corrected chi connectivity index (χ2v) is 5.93. The highest BCUT2D eigenvalue weighted by Crippen LogP contribution is 2.42. The quantitative estimate of drug-likeness (QED) is 0.237. The predicted molar refractivity (Wildman–Crippen MR) is 95.1 cm³/mol. The summed E-state index contributed by atoms with van der Waals surface area (Å²) in [6.45, 7) is 7.06. The Labute approximate surface area is 149 Å². The van der Waals surface area contributed by atoms with E-state index in [0.717, 1.165) is 32.1 Å². The Kier molecular flexibility index (Phi) is 9.31. The van der Waals surface area contributed by atoms with Crippen molar-refractivity contribution in [3.05, 3.63) is 23.8 Å². The van der Waals surface area contributed by atoms with Gasteiger partial charge in [0.1, 0.15) is 0 Å². The van der Waals surface area contributed by atoms with Gasteiger partial charge in [0.15, 0.2) is 17.3 Å². The Morgan fingerprint density at radius 3 is 2.20 bits per heavy atom. The molecule has 6 nitrogen and oxygen atoms in total. The van der Waals surface area contributed by atoms with E-state index in [1.807, 2.05) is 13.8 Å². The second kappa shape index (κ2) is 10.9. The van der Waals surface area contributed by atoms with Crippen molar-refractivity contribution in [1.82, 2.24) is 0 Å². The number of para-hydroxylation sites is 1. The summed E-state index contributed by atoms with van der Waals surface area (Å²) in [5.74, 6) is -1.48. The number of carboxylic acid groups (broad SMARTS) is 1. The lowest BCUT2D eigenvalue weighted by Gasteiger charge is -2.35. The van der Waals surface area contributed by atoms with Crippen molar-refractivity contribution in [2.24, 2.45) is 0 Å². The third-order valence-corrected chi connectivity index (χ3v) is 3.79. The molecule has 2 N–H and O–H groups in total. The Hall–Kier alpha value is -1.79. The fraction of sp³-hybridized carbons (Fsp3) is 0.632. The third-order valence-electron chi connectivity index (χ3n) is 3.79. The number of aromatic hydroxyl groups is 1. The molecule has 0 saturated carbocycles. The van der Waals surface area contributed by atoms with Gasteiger partial charge in [-0.3, -0.25) is 0 Å². The van der Waals surface area contributed by atoms with Crippen molar-refractivity contribution in [2.75, 3.05) is 13.2 Å². The fourth-order valence-corrected chi connectivity index (χ4v) is 2.62. The average Bonchev–Trinajstić information content (AvgIpc) is 2.59. The molecule has 0 unspecified atom stereocenters. The van der Waals surface area contributed by atoms with Crippen LogP contribution in [0.5, 0.6) is 11.5 Å². The number of phenols is 1. The van der Waals surface area contributed by atoms with Crippen LogP contribution in [0.2, 0.25) is 0 Å². The maximum atomic E-state index is 10.8. The number of hydrogen-bond acceptors (Lipinski definition) is 5. The first-order chi connectivity index (χ1) is 12.0. The van der Waals surface area contributed by atoms with Crippen LogP contribution in [0.25, 0.3) is 0 Å². The maximum Gasteiger partial charge on any atom is 0.511 e. The van der Waals surface area contributed by atoms with Crippen LogP contribution in [0, 0.1) is 0 Å². The van der Waals surface area contributed by atoms with E-state index in [0.29, 0.717) is 25.2 Å². The maximum absolute atomic E-state index is 10.8. The van der Waals surface area contributed by atoms with E-state index in [9.17, 15) is 9.90 Å². The minimum Gasteiger partial charge on any atom is -0.504 e. The van der Waals surface area contributed by atoms with E-state index >= 15 is 0 Å². The second-order valence-electron chi connectivity index (χ2n) is 5.93. The molecule has 0 aliphatic carbocycles. The van der Waals surface area contributed by atoms with E-state index in [1.165, 1.54) is 6.07 Å². The molecule has 0 radical (unpaired) electrons. The van der Waals surface area contributed by atoms with E-state index in [1.54, 1.807) is 12.1 Å². The third kappa shape index (κ3) is 6.21. The van der Waals surface area contributed by atoms with Crippen molar-refractivity contribution < 1.29 is 29.2 Å². The van der Waals surface area contributed by atoms with Crippen LogP contribution in [0.15, 0.2) is 18.2 Å². The Bertz CT molecular complexity index is 521. The van der Waals surface area contributed by atoms with Crippen molar-refractivity contribution in [1.29, 1.82) is 0 Å². The molecular weight excluding hydrogens is 324 g/mol. The summed E-state index contributed by atoms with van der Waals surface area (Å²) >= 11 is 0. The number of rotatable bonds is 12. The number of hydrogen-bond donors (Lipinski definition) is 2. The molecule has 1 aromatic carbocycles. The fourth-order valence-electron chi connectivity index (χ4n) is 2.62. The minimum atomic E-state index is -1.48. The van der Waals surface area contributed by atoms with Crippen LogP contribution in [-0.4, -0.2) is 29.6 Å². The average molecular weight is 354 g/mol. The highest BCUT2D eigenvalue weighted by Gasteiger charge is 2.37. The molecule has 0 aliphatic heterocycles. The molecule has 142 valence electrons. The van der Waals surface area contributed by atoms with Gasteiger partial charge in [-0.05, 0) is 31.4 Å². The van der Waals surface area contributed by atoms with Gasteiger partial charge in [-0.2, -0.15) is 0 Å². The van der Waals surface area contributed by atoms with Crippen LogP contribution in [0.3, 0.4) is 0 Å². The number of phenolic OH excluding ortho intramolecular Hbond substituents is 1. The summed E-state index contributed by atoms with van der Waals surface area (Å²) in [7, 11) is 0. The van der Waals surface area contributed by atoms with Gasteiger partial charge < -0.3 is 24.4 Å². The molecule has 0 aromatic heterocycles. The monoisotopic (exact) mass is 354 g/mol. The van der Waals surface area contributed by atoms with Crippen molar-refractivity contribution in [2.45, 2.75) is 65.1 Å². The molecular formula is C19H30O6. The Balaban J connectivity index is 3.28. The standard InChI is InChI=1S/C19H30O6/c1-4-7-8-12-19(23-13-5-2,24-14-6-3)15-10-9-11-16(17(15)20)25-18(21)22/h9-11,20H,4-8,12-14H2,1-3H3,(H,21,22).